The minimum Gasteiger partial charge on any atom is -0.318 e. The number of rotatable bonds is 3. The van der Waals surface area contributed by atoms with Crippen molar-refractivity contribution >= 4 is 11.8 Å². The van der Waals surface area contributed by atoms with Gasteiger partial charge in [0.15, 0.2) is 0 Å². The molecule has 0 aliphatic carbocycles. The molecule has 2 heterocycles. The zero-order valence-corrected chi connectivity index (χ0v) is 14.0. The highest BCUT2D eigenvalue weighted by molar-refractivity contribution is 5.99. The Morgan fingerprint density at radius 3 is 2.36 bits per heavy atom. The summed E-state index contributed by atoms with van der Waals surface area (Å²) >= 11 is 0. The Bertz CT molecular complexity index is 902. The molecule has 3 aromatic rings. The van der Waals surface area contributed by atoms with Gasteiger partial charge in [0.25, 0.3) is 11.8 Å². The molecule has 25 heavy (non-hydrogen) atoms. The van der Waals surface area contributed by atoms with Gasteiger partial charge in [-0.3, -0.25) is 25.4 Å². The number of aromatic nitrogens is 2. The number of carbonyl (C=O) groups is 2. The van der Waals surface area contributed by atoms with Crippen LogP contribution < -0.4 is 10.9 Å². The van der Waals surface area contributed by atoms with Gasteiger partial charge in [0, 0.05) is 29.5 Å². The number of benzene rings is 1. The molecule has 6 heteroatoms. The van der Waals surface area contributed by atoms with Crippen molar-refractivity contribution in [2.45, 2.75) is 13.8 Å². The molecule has 0 bridgehead atoms. The molecule has 126 valence electrons. The smallest absolute Gasteiger partial charge is 0.271 e. The monoisotopic (exact) mass is 334 g/mol. The van der Waals surface area contributed by atoms with Gasteiger partial charge in [-0.15, -0.1) is 0 Å². The van der Waals surface area contributed by atoms with Gasteiger partial charge in [0.1, 0.15) is 0 Å². The van der Waals surface area contributed by atoms with Crippen molar-refractivity contribution in [3.8, 4) is 5.69 Å². The summed E-state index contributed by atoms with van der Waals surface area (Å²) in [6.45, 7) is 3.81. The van der Waals surface area contributed by atoms with Crippen molar-refractivity contribution < 1.29 is 9.59 Å². The summed E-state index contributed by atoms with van der Waals surface area (Å²) < 4.78 is 2.00. The van der Waals surface area contributed by atoms with E-state index in [9.17, 15) is 9.59 Å². The average Bonchev–Trinajstić information content (AvgIpc) is 2.95. The van der Waals surface area contributed by atoms with Crippen LogP contribution in [0.3, 0.4) is 0 Å². The van der Waals surface area contributed by atoms with Crippen molar-refractivity contribution in [2.24, 2.45) is 0 Å². The van der Waals surface area contributed by atoms with Crippen LogP contribution in [0.4, 0.5) is 0 Å². The Hall–Kier alpha value is -3.41. The first kappa shape index (κ1) is 16.4. The van der Waals surface area contributed by atoms with E-state index in [0.717, 1.165) is 17.1 Å². The molecule has 0 saturated heterocycles. The Morgan fingerprint density at radius 2 is 1.68 bits per heavy atom. The van der Waals surface area contributed by atoms with E-state index in [1.807, 2.05) is 48.7 Å². The van der Waals surface area contributed by atoms with Crippen molar-refractivity contribution in [2.75, 3.05) is 0 Å². The summed E-state index contributed by atoms with van der Waals surface area (Å²) in [5.74, 6) is -0.786. The molecule has 0 radical (unpaired) electrons. The lowest BCUT2D eigenvalue weighted by Crippen LogP contribution is -2.41. The van der Waals surface area contributed by atoms with Gasteiger partial charge < -0.3 is 4.57 Å². The van der Waals surface area contributed by atoms with Crippen LogP contribution in [-0.4, -0.2) is 21.4 Å². The minimum absolute atomic E-state index is 0.368. The van der Waals surface area contributed by atoms with Gasteiger partial charge >= 0.3 is 0 Å². The number of amides is 2. The minimum atomic E-state index is -0.418. The maximum atomic E-state index is 12.4. The fourth-order valence-corrected chi connectivity index (χ4v) is 2.72. The Morgan fingerprint density at radius 1 is 0.960 bits per heavy atom. The highest BCUT2D eigenvalue weighted by Gasteiger charge is 2.17. The highest BCUT2D eigenvalue weighted by Crippen LogP contribution is 2.20. The van der Waals surface area contributed by atoms with Crippen LogP contribution in [0.1, 0.15) is 32.1 Å². The average molecular weight is 334 g/mol. The van der Waals surface area contributed by atoms with Crippen LogP contribution in [0, 0.1) is 13.8 Å². The predicted molar refractivity (Wildman–Crippen MR) is 94.4 cm³/mol. The van der Waals surface area contributed by atoms with Crippen LogP contribution in [0.2, 0.25) is 0 Å². The van der Waals surface area contributed by atoms with Crippen molar-refractivity contribution in [3.05, 3.63) is 83.4 Å². The fourth-order valence-electron chi connectivity index (χ4n) is 2.72. The molecule has 3 rings (SSSR count). The topological polar surface area (TPSA) is 76.0 Å². The van der Waals surface area contributed by atoms with E-state index in [4.69, 9.17) is 0 Å². The number of hydrogen-bond donors (Lipinski definition) is 2. The van der Waals surface area contributed by atoms with E-state index in [1.54, 1.807) is 24.4 Å². The molecule has 0 aliphatic heterocycles. The molecule has 0 saturated carbocycles. The van der Waals surface area contributed by atoms with Crippen LogP contribution in [-0.2, 0) is 0 Å². The van der Waals surface area contributed by atoms with Crippen LogP contribution in [0.5, 0.6) is 0 Å². The first-order chi connectivity index (χ1) is 12.1. The van der Waals surface area contributed by atoms with Crippen LogP contribution >= 0.6 is 0 Å². The number of pyridine rings is 1. The van der Waals surface area contributed by atoms with Gasteiger partial charge in [0.05, 0.1) is 11.1 Å². The summed E-state index contributed by atoms with van der Waals surface area (Å²) in [5, 5.41) is 0. The highest BCUT2D eigenvalue weighted by atomic mass is 16.2. The third kappa shape index (κ3) is 3.42. The SMILES string of the molecule is Cc1cc(C(=O)NNC(=O)c2cccnc2)c(C)n1-c1ccccc1. The van der Waals surface area contributed by atoms with E-state index in [0.29, 0.717) is 11.1 Å². The van der Waals surface area contributed by atoms with Crippen molar-refractivity contribution in [3.63, 3.8) is 0 Å². The normalized spacial score (nSPS) is 10.3. The van der Waals surface area contributed by atoms with Gasteiger partial charge in [-0.1, -0.05) is 18.2 Å². The summed E-state index contributed by atoms with van der Waals surface area (Å²) in [6, 6.07) is 14.9. The quantitative estimate of drug-likeness (QED) is 0.723. The second-order valence-corrected chi connectivity index (χ2v) is 5.61. The molecule has 0 atom stereocenters. The van der Waals surface area contributed by atoms with E-state index < -0.39 is 5.91 Å². The van der Waals surface area contributed by atoms with Gasteiger partial charge in [0.2, 0.25) is 0 Å². The molecule has 0 spiro atoms. The summed E-state index contributed by atoms with van der Waals surface area (Å²) in [5.41, 5.74) is 8.46. The Labute approximate surface area is 145 Å². The van der Waals surface area contributed by atoms with Crippen LogP contribution in [0.15, 0.2) is 60.9 Å². The molecular formula is C19H18N4O2. The number of nitrogens with one attached hydrogen (secondary N) is 2. The largest absolute Gasteiger partial charge is 0.318 e. The standard InChI is InChI=1S/C19H18N4O2/c1-13-11-17(14(2)23(13)16-8-4-3-5-9-16)19(25)22-21-18(24)15-7-6-10-20-12-15/h3-12H,1-2H3,(H,21,24)(H,22,25). The molecule has 2 N–H and O–H groups in total. The number of carbonyl (C=O) groups excluding carboxylic acids is 2. The molecule has 0 fully saturated rings. The maximum absolute atomic E-state index is 12.4. The first-order valence-corrected chi connectivity index (χ1v) is 7.83. The van der Waals surface area contributed by atoms with Crippen molar-refractivity contribution in [1.82, 2.24) is 20.4 Å². The van der Waals surface area contributed by atoms with E-state index in [1.165, 1.54) is 6.20 Å². The molecule has 2 amide bonds. The Balaban J connectivity index is 1.76. The van der Waals surface area contributed by atoms with Gasteiger partial charge in [-0.25, -0.2) is 0 Å². The van der Waals surface area contributed by atoms with E-state index >= 15 is 0 Å². The predicted octanol–water partition coefficient (Wildman–Crippen LogP) is 2.56. The fraction of sp³-hybridized carbons (Fsp3) is 0.105. The molecule has 0 unspecified atom stereocenters. The summed E-state index contributed by atoms with van der Waals surface area (Å²) in [6.07, 6.45) is 3.01. The number of hydrazine groups is 1. The molecular weight excluding hydrogens is 316 g/mol. The summed E-state index contributed by atoms with van der Waals surface area (Å²) in [7, 11) is 0. The number of para-hydroxylation sites is 1. The van der Waals surface area contributed by atoms with E-state index in [-0.39, 0.29) is 5.91 Å². The molecule has 0 aliphatic rings. The number of aryl methyl sites for hydroxylation is 1. The maximum Gasteiger partial charge on any atom is 0.271 e. The van der Waals surface area contributed by atoms with E-state index in [2.05, 4.69) is 15.8 Å². The Kier molecular flexibility index (Phi) is 4.61. The number of hydrogen-bond acceptors (Lipinski definition) is 3. The molecule has 1 aromatic carbocycles. The second-order valence-electron chi connectivity index (χ2n) is 5.61. The van der Waals surface area contributed by atoms with Crippen LogP contribution in [0.25, 0.3) is 5.69 Å². The summed E-state index contributed by atoms with van der Waals surface area (Å²) in [4.78, 5) is 28.3. The molecule has 2 aromatic heterocycles. The zero-order valence-electron chi connectivity index (χ0n) is 14.0. The van der Waals surface area contributed by atoms with Gasteiger partial charge in [-0.05, 0) is 44.2 Å². The zero-order chi connectivity index (χ0) is 17.8. The second kappa shape index (κ2) is 7.00. The first-order valence-electron chi connectivity index (χ1n) is 7.83. The van der Waals surface area contributed by atoms with Gasteiger partial charge in [-0.2, -0.15) is 0 Å². The number of nitrogens with zero attached hydrogens (tertiary/aromatic N) is 2. The lowest BCUT2D eigenvalue weighted by Gasteiger charge is -2.10. The van der Waals surface area contributed by atoms with Crippen molar-refractivity contribution in [1.29, 1.82) is 0 Å². The third-order valence-corrected chi connectivity index (χ3v) is 3.90. The lowest BCUT2D eigenvalue weighted by atomic mass is 10.2. The third-order valence-electron chi connectivity index (χ3n) is 3.90. The molecule has 6 nitrogen and oxygen atoms in total. The lowest BCUT2D eigenvalue weighted by molar-refractivity contribution is 0.0846.